The minimum Gasteiger partial charge on any atom is -0.444 e. The highest BCUT2D eigenvalue weighted by Gasteiger charge is 2.49. The van der Waals surface area contributed by atoms with Crippen molar-refractivity contribution in [3.63, 3.8) is 0 Å². The molecule has 2 heterocycles. The van der Waals surface area contributed by atoms with E-state index in [4.69, 9.17) is 4.74 Å². The van der Waals surface area contributed by atoms with E-state index < -0.39 is 17.7 Å². The zero-order chi connectivity index (χ0) is 17.5. The highest BCUT2D eigenvalue weighted by Crippen LogP contribution is 2.27. The van der Waals surface area contributed by atoms with Crippen molar-refractivity contribution in [3.8, 4) is 0 Å². The minimum absolute atomic E-state index is 0.156. The van der Waals surface area contributed by atoms with Crippen molar-refractivity contribution < 1.29 is 19.1 Å². The fraction of sp³-hybridized carbons (Fsp3) is 0.471. The van der Waals surface area contributed by atoms with E-state index in [9.17, 15) is 14.4 Å². The van der Waals surface area contributed by atoms with Crippen LogP contribution in [0.25, 0.3) is 0 Å². The lowest BCUT2D eigenvalue weighted by Gasteiger charge is -2.36. The van der Waals surface area contributed by atoms with E-state index in [-0.39, 0.29) is 18.5 Å². The molecule has 2 aliphatic rings. The maximum absolute atomic E-state index is 12.7. The monoisotopic (exact) mass is 331 g/mol. The van der Waals surface area contributed by atoms with Crippen LogP contribution in [0.3, 0.4) is 0 Å². The number of para-hydroxylation sites is 1. The number of hydrogen-bond donors (Lipinski definition) is 0. The minimum atomic E-state index is -0.654. The van der Waals surface area contributed by atoms with Gasteiger partial charge in [-0.05, 0) is 32.9 Å². The predicted molar refractivity (Wildman–Crippen MR) is 87.6 cm³/mol. The van der Waals surface area contributed by atoms with Crippen molar-refractivity contribution in [2.75, 3.05) is 24.5 Å². The van der Waals surface area contributed by atoms with Gasteiger partial charge in [0, 0.05) is 13.1 Å². The maximum Gasteiger partial charge on any atom is 0.410 e. The van der Waals surface area contributed by atoms with Gasteiger partial charge in [-0.25, -0.2) is 14.5 Å². The number of benzene rings is 1. The smallest absolute Gasteiger partial charge is 0.410 e. The van der Waals surface area contributed by atoms with Gasteiger partial charge in [0.2, 0.25) is 0 Å². The quantitative estimate of drug-likeness (QED) is 0.739. The van der Waals surface area contributed by atoms with Crippen LogP contribution in [0.2, 0.25) is 0 Å². The van der Waals surface area contributed by atoms with Crippen molar-refractivity contribution in [1.29, 1.82) is 0 Å². The summed E-state index contributed by atoms with van der Waals surface area (Å²) in [7, 11) is 0. The van der Waals surface area contributed by atoms with Crippen LogP contribution in [-0.4, -0.2) is 59.1 Å². The molecule has 0 aromatic heterocycles. The highest BCUT2D eigenvalue weighted by atomic mass is 16.6. The summed E-state index contributed by atoms with van der Waals surface area (Å²) in [6.45, 7) is 6.21. The van der Waals surface area contributed by atoms with Crippen LogP contribution in [-0.2, 0) is 9.53 Å². The number of piperazine rings is 1. The number of fused-ring (bicyclic) bond motifs is 1. The van der Waals surface area contributed by atoms with Gasteiger partial charge in [0.25, 0.3) is 5.91 Å². The number of imide groups is 1. The number of anilines is 1. The second-order valence-electron chi connectivity index (χ2n) is 6.93. The first kappa shape index (κ1) is 16.3. The van der Waals surface area contributed by atoms with E-state index in [1.807, 2.05) is 6.07 Å². The first-order valence-electron chi connectivity index (χ1n) is 7.95. The van der Waals surface area contributed by atoms with E-state index in [1.165, 1.54) is 14.7 Å². The lowest BCUT2D eigenvalue weighted by molar-refractivity contribution is -0.120. The van der Waals surface area contributed by atoms with Gasteiger partial charge in [-0.15, -0.1) is 0 Å². The van der Waals surface area contributed by atoms with Crippen molar-refractivity contribution in [2.45, 2.75) is 32.4 Å². The summed E-state index contributed by atoms with van der Waals surface area (Å²) in [6.07, 6.45) is -0.458. The van der Waals surface area contributed by atoms with Gasteiger partial charge in [-0.3, -0.25) is 4.79 Å². The van der Waals surface area contributed by atoms with Crippen LogP contribution < -0.4 is 4.90 Å². The van der Waals surface area contributed by atoms with E-state index in [1.54, 1.807) is 45.0 Å². The van der Waals surface area contributed by atoms with Crippen LogP contribution in [0.4, 0.5) is 15.3 Å². The number of rotatable bonds is 1. The summed E-state index contributed by atoms with van der Waals surface area (Å²) in [5.74, 6) is -0.306. The topological polar surface area (TPSA) is 70.2 Å². The van der Waals surface area contributed by atoms with E-state index >= 15 is 0 Å². The van der Waals surface area contributed by atoms with Crippen LogP contribution >= 0.6 is 0 Å². The Morgan fingerprint density at radius 3 is 2.42 bits per heavy atom. The second-order valence-corrected chi connectivity index (χ2v) is 6.93. The summed E-state index contributed by atoms with van der Waals surface area (Å²) in [6, 6.07) is 7.84. The van der Waals surface area contributed by atoms with Crippen molar-refractivity contribution >= 4 is 23.7 Å². The molecule has 4 amide bonds. The molecule has 0 N–H and O–H groups in total. The molecule has 1 aromatic carbocycles. The maximum atomic E-state index is 12.7. The number of carbonyl (C=O) groups is 3. The number of carbonyl (C=O) groups excluding carboxylic acids is 3. The molecule has 3 rings (SSSR count). The number of amides is 4. The fourth-order valence-corrected chi connectivity index (χ4v) is 2.90. The molecule has 0 aliphatic carbocycles. The van der Waals surface area contributed by atoms with E-state index in [0.717, 1.165) is 0 Å². The molecule has 7 nitrogen and oxygen atoms in total. The summed E-state index contributed by atoms with van der Waals surface area (Å²) >= 11 is 0. The van der Waals surface area contributed by atoms with Crippen molar-refractivity contribution in [3.05, 3.63) is 30.3 Å². The number of urea groups is 1. The summed E-state index contributed by atoms with van der Waals surface area (Å²) in [5, 5.41) is 0. The Labute approximate surface area is 140 Å². The average molecular weight is 331 g/mol. The summed E-state index contributed by atoms with van der Waals surface area (Å²) in [5.41, 5.74) is -0.0505. The second kappa shape index (κ2) is 5.81. The molecule has 2 aliphatic heterocycles. The first-order valence-corrected chi connectivity index (χ1v) is 7.95. The normalized spacial score (nSPS) is 21.1. The highest BCUT2D eigenvalue weighted by molar-refractivity contribution is 6.21. The van der Waals surface area contributed by atoms with Gasteiger partial charge in [0.15, 0.2) is 0 Å². The lowest BCUT2D eigenvalue weighted by Crippen LogP contribution is -2.55. The number of hydrogen-bond acceptors (Lipinski definition) is 4. The molecule has 0 saturated carbocycles. The van der Waals surface area contributed by atoms with Gasteiger partial charge in [-0.1, -0.05) is 18.2 Å². The predicted octanol–water partition coefficient (Wildman–Crippen LogP) is 2.07. The SMILES string of the molecule is CC(C)(C)OC(=O)N1CCN2C(=O)N(c3ccccc3)C(=O)C2C1. The van der Waals surface area contributed by atoms with Crippen LogP contribution in [0.15, 0.2) is 30.3 Å². The molecule has 1 aromatic rings. The van der Waals surface area contributed by atoms with E-state index in [2.05, 4.69) is 0 Å². The lowest BCUT2D eigenvalue weighted by atomic mass is 10.2. The van der Waals surface area contributed by atoms with E-state index in [0.29, 0.717) is 18.8 Å². The Bertz CT molecular complexity index is 668. The Kier molecular flexibility index (Phi) is 3.95. The Morgan fingerprint density at radius 2 is 1.79 bits per heavy atom. The summed E-state index contributed by atoms with van der Waals surface area (Å²) in [4.78, 5) is 41.7. The molecule has 7 heteroatoms. The van der Waals surface area contributed by atoms with Crippen LogP contribution in [0, 0.1) is 0 Å². The zero-order valence-electron chi connectivity index (χ0n) is 14.1. The third kappa shape index (κ3) is 2.93. The number of nitrogens with zero attached hydrogens (tertiary/aromatic N) is 3. The first-order chi connectivity index (χ1) is 11.3. The molecule has 0 radical (unpaired) electrons. The number of ether oxygens (including phenoxy) is 1. The Hall–Kier alpha value is -2.57. The Morgan fingerprint density at radius 1 is 1.12 bits per heavy atom. The molecular formula is C17H21N3O4. The standard InChI is InChI=1S/C17H21N3O4/c1-17(2,3)24-16(23)18-9-10-19-13(11-18)14(21)20(15(19)22)12-7-5-4-6-8-12/h4-8,13H,9-11H2,1-3H3. The van der Waals surface area contributed by atoms with Crippen LogP contribution in [0.1, 0.15) is 20.8 Å². The molecule has 24 heavy (non-hydrogen) atoms. The van der Waals surface area contributed by atoms with Crippen molar-refractivity contribution in [2.24, 2.45) is 0 Å². The third-order valence-electron chi connectivity index (χ3n) is 3.99. The molecule has 2 saturated heterocycles. The fourth-order valence-electron chi connectivity index (χ4n) is 2.90. The molecule has 1 unspecified atom stereocenters. The third-order valence-corrected chi connectivity index (χ3v) is 3.99. The molecule has 128 valence electrons. The molecule has 0 bridgehead atoms. The molecule has 2 fully saturated rings. The van der Waals surface area contributed by atoms with Gasteiger partial charge >= 0.3 is 12.1 Å². The van der Waals surface area contributed by atoms with Gasteiger partial charge in [-0.2, -0.15) is 0 Å². The molecule has 0 spiro atoms. The van der Waals surface area contributed by atoms with Gasteiger partial charge in [0.1, 0.15) is 11.6 Å². The van der Waals surface area contributed by atoms with Gasteiger partial charge < -0.3 is 14.5 Å². The summed E-state index contributed by atoms with van der Waals surface area (Å²) < 4.78 is 5.36. The molecular weight excluding hydrogens is 310 g/mol. The van der Waals surface area contributed by atoms with Crippen LogP contribution in [0.5, 0.6) is 0 Å². The average Bonchev–Trinajstić information content (AvgIpc) is 2.77. The van der Waals surface area contributed by atoms with Gasteiger partial charge in [0.05, 0.1) is 12.2 Å². The zero-order valence-corrected chi connectivity index (χ0v) is 14.1. The largest absolute Gasteiger partial charge is 0.444 e. The Balaban J connectivity index is 1.77. The van der Waals surface area contributed by atoms with Crippen molar-refractivity contribution in [1.82, 2.24) is 9.80 Å². The molecule has 1 atom stereocenters.